The van der Waals surface area contributed by atoms with Crippen LogP contribution in [-0.2, 0) is 22.4 Å². The first-order chi connectivity index (χ1) is 13.5. The first kappa shape index (κ1) is 20.7. The van der Waals surface area contributed by atoms with Gasteiger partial charge in [-0.3, -0.25) is 9.59 Å². The molecule has 1 fully saturated rings. The maximum absolute atomic E-state index is 12.6. The fourth-order valence-electron chi connectivity index (χ4n) is 3.51. The summed E-state index contributed by atoms with van der Waals surface area (Å²) in [5.41, 5.74) is 1.91. The number of likely N-dealkylation sites (tertiary alicyclic amines) is 1. The summed E-state index contributed by atoms with van der Waals surface area (Å²) in [4.78, 5) is 26.9. The molecule has 0 spiro atoms. The van der Waals surface area contributed by atoms with E-state index in [0.717, 1.165) is 24.0 Å². The number of halogens is 2. The minimum atomic E-state index is -0.164. The summed E-state index contributed by atoms with van der Waals surface area (Å²) < 4.78 is 0. The van der Waals surface area contributed by atoms with Gasteiger partial charge in [0.1, 0.15) is 0 Å². The Morgan fingerprint density at radius 2 is 1.86 bits per heavy atom. The Morgan fingerprint density at radius 1 is 1.07 bits per heavy atom. The number of hydrogen-bond acceptors (Lipinski definition) is 2. The van der Waals surface area contributed by atoms with Crippen LogP contribution < -0.4 is 5.32 Å². The number of nitrogens with zero attached hydrogens (tertiary/aromatic N) is 1. The summed E-state index contributed by atoms with van der Waals surface area (Å²) in [6.45, 7) is 1.69. The van der Waals surface area contributed by atoms with E-state index >= 15 is 0 Å². The van der Waals surface area contributed by atoms with Gasteiger partial charge in [0, 0.05) is 19.6 Å². The van der Waals surface area contributed by atoms with Crippen molar-refractivity contribution < 1.29 is 9.59 Å². The third kappa shape index (κ3) is 5.49. The Morgan fingerprint density at radius 3 is 2.64 bits per heavy atom. The standard InChI is InChI=1S/C22H24Cl2N2O2/c23-19-10-4-8-17(21(19)24)11-12-25-22(28)18-9-5-13-26(15-18)20(27)14-16-6-2-1-3-7-16/h1-4,6-8,10,18H,5,9,11-15H2,(H,25,28). The predicted octanol–water partition coefficient (Wildman–Crippen LogP) is 4.13. The number of carbonyl (C=O) groups excluding carboxylic acids is 2. The first-order valence-electron chi connectivity index (χ1n) is 9.57. The topological polar surface area (TPSA) is 49.4 Å². The Kier molecular flexibility index (Phi) is 7.35. The van der Waals surface area contributed by atoms with Crippen molar-refractivity contribution in [2.24, 2.45) is 5.92 Å². The average molecular weight is 419 g/mol. The second kappa shape index (κ2) is 9.94. The van der Waals surface area contributed by atoms with Gasteiger partial charge in [-0.15, -0.1) is 0 Å². The maximum atomic E-state index is 12.6. The van der Waals surface area contributed by atoms with Crippen LogP contribution in [0.3, 0.4) is 0 Å². The SMILES string of the molecule is O=C(NCCc1cccc(Cl)c1Cl)C1CCCN(C(=O)Cc2ccccc2)C1. The quantitative estimate of drug-likeness (QED) is 0.766. The highest BCUT2D eigenvalue weighted by atomic mass is 35.5. The van der Waals surface area contributed by atoms with Crippen molar-refractivity contribution in [1.29, 1.82) is 0 Å². The largest absolute Gasteiger partial charge is 0.355 e. The van der Waals surface area contributed by atoms with E-state index in [4.69, 9.17) is 23.2 Å². The minimum Gasteiger partial charge on any atom is -0.355 e. The molecule has 28 heavy (non-hydrogen) atoms. The molecular weight excluding hydrogens is 395 g/mol. The smallest absolute Gasteiger partial charge is 0.227 e. The Balaban J connectivity index is 1.48. The second-order valence-electron chi connectivity index (χ2n) is 7.10. The van der Waals surface area contributed by atoms with Crippen LogP contribution >= 0.6 is 23.2 Å². The number of carbonyl (C=O) groups is 2. The summed E-state index contributed by atoms with van der Waals surface area (Å²) in [7, 11) is 0. The monoisotopic (exact) mass is 418 g/mol. The summed E-state index contributed by atoms with van der Waals surface area (Å²) in [6, 6.07) is 15.2. The van der Waals surface area contributed by atoms with E-state index in [1.54, 1.807) is 6.07 Å². The molecule has 0 aliphatic carbocycles. The summed E-state index contributed by atoms with van der Waals surface area (Å²) >= 11 is 12.2. The van der Waals surface area contributed by atoms with Gasteiger partial charge in [-0.05, 0) is 36.5 Å². The van der Waals surface area contributed by atoms with Crippen LogP contribution in [0.25, 0.3) is 0 Å². The molecule has 2 aromatic carbocycles. The molecule has 0 radical (unpaired) electrons. The van der Waals surface area contributed by atoms with Crippen LogP contribution in [0.4, 0.5) is 0 Å². The van der Waals surface area contributed by atoms with Crippen molar-refractivity contribution in [2.45, 2.75) is 25.7 Å². The minimum absolute atomic E-state index is 0.00429. The third-order valence-corrected chi connectivity index (χ3v) is 5.93. The van der Waals surface area contributed by atoms with Gasteiger partial charge in [-0.2, -0.15) is 0 Å². The highest BCUT2D eigenvalue weighted by Gasteiger charge is 2.28. The van der Waals surface area contributed by atoms with E-state index in [1.807, 2.05) is 47.4 Å². The van der Waals surface area contributed by atoms with Gasteiger partial charge in [0.15, 0.2) is 0 Å². The second-order valence-corrected chi connectivity index (χ2v) is 7.88. The van der Waals surface area contributed by atoms with E-state index in [1.165, 1.54) is 0 Å². The number of rotatable bonds is 6. The van der Waals surface area contributed by atoms with Crippen LogP contribution in [0.2, 0.25) is 10.0 Å². The van der Waals surface area contributed by atoms with Crippen LogP contribution in [-0.4, -0.2) is 36.3 Å². The molecule has 2 amide bonds. The molecule has 1 saturated heterocycles. The molecule has 1 aliphatic heterocycles. The molecule has 1 atom stereocenters. The van der Waals surface area contributed by atoms with E-state index < -0.39 is 0 Å². The van der Waals surface area contributed by atoms with E-state index in [-0.39, 0.29) is 17.7 Å². The molecule has 6 heteroatoms. The molecule has 148 valence electrons. The first-order valence-corrected chi connectivity index (χ1v) is 10.3. The van der Waals surface area contributed by atoms with Gasteiger partial charge < -0.3 is 10.2 Å². The molecule has 0 saturated carbocycles. The maximum Gasteiger partial charge on any atom is 0.227 e. The van der Waals surface area contributed by atoms with Gasteiger partial charge in [0.25, 0.3) is 0 Å². The zero-order chi connectivity index (χ0) is 19.9. The van der Waals surface area contributed by atoms with Crippen molar-refractivity contribution in [3.8, 4) is 0 Å². The van der Waals surface area contributed by atoms with Gasteiger partial charge in [-0.1, -0.05) is 65.7 Å². The van der Waals surface area contributed by atoms with E-state index in [9.17, 15) is 9.59 Å². The number of piperidine rings is 1. The number of benzene rings is 2. The molecule has 3 rings (SSSR count). The lowest BCUT2D eigenvalue weighted by Crippen LogP contribution is -2.46. The molecular formula is C22H24Cl2N2O2. The van der Waals surface area contributed by atoms with Crippen molar-refractivity contribution in [2.75, 3.05) is 19.6 Å². The molecule has 0 bridgehead atoms. The third-order valence-electron chi connectivity index (χ3n) is 5.07. The number of hydrogen-bond donors (Lipinski definition) is 1. The van der Waals surface area contributed by atoms with Gasteiger partial charge >= 0.3 is 0 Å². The Hall–Kier alpha value is -2.04. The number of amides is 2. The fourth-order valence-corrected chi connectivity index (χ4v) is 3.92. The van der Waals surface area contributed by atoms with Crippen molar-refractivity contribution in [1.82, 2.24) is 10.2 Å². The molecule has 0 aromatic heterocycles. The predicted molar refractivity (Wildman–Crippen MR) is 113 cm³/mol. The zero-order valence-corrected chi connectivity index (χ0v) is 17.2. The normalized spacial score (nSPS) is 16.6. The summed E-state index contributed by atoms with van der Waals surface area (Å²) in [5, 5.41) is 4.03. The molecule has 4 nitrogen and oxygen atoms in total. The van der Waals surface area contributed by atoms with Crippen molar-refractivity contribution in [3.63, 3.8) is 0 Å². The fraction of sp³-hybridized carbons (Fsp3) is 0.364. The zero-order valence-electron chi connectivity index (χ0n) is 15.7. The lowest BCUT2D eigenvalue weighted by atomic mass is 9.96. The Bertz CT molecular complexity index is 827. The molecule has 1 heterocycles. The molecule has 2 aromatic rings. The van der Waals surface area contributed by atoms with Crippen molar-refractivity contribution >= 4 is 35.0 Å². The molecule has 1 unspecified atom stereocenters. The van der Waals surface area contributed by atoms with Crippen LogP contribution in [0, 0.1) is 5.92 Å². The highest BCUT2D eigenvalue weighted by Crippen LogP contribution is 2.25. The number of nitrogens with one attached hydrogen (secondary N) is 1. The van der Waals surface area contributed by atoms with Gasteiger partial charge in [0.2, 0.25) is 11.8 Å². The Labute approximate surface area is 175 Å². The molecule has 1 N–H and O–H groups in total. The van der Waals surface area contributed by atoms with E-state index in [0.29, 0.717) is 42.5 Å². The van der Waals surface area contributed by atoms with Gasteiger partial charge in [0.05, 0.1) is 22.4 Å². The van der Waals surface area contributed by atoms with Crippen molar-refractivity contribution in [3.05, 3.63) is 69.7 Å². The van der Waals surface area contributed by atoms with Gasteiger partial charge in [-0.25, -0.2) is 0 Å². The lowest BCUT2D eigenvalue weighted by Gasteiger charge is -2.32. The highest BCUT2D eigenvalue weighted by molar-refractivity contribution is 6.42. The summed E-state index contributed by atoms with van der Waals surface area (Å²) in [6.07, 6.45) is 2.65. The van der Waals surface area contributed by atoms with E-state index in [2.05, 4.69) is 5.32 Å². The lowest BCUT2D eigenvalue weighted by molar-refractivity contribution is -0.135. The summed E-state index contributed by atoms with van der Waals surface area (Å²) in [5.74, 6) is -0.0897. The average Bonchev–Trinajstić information content (AvgIpc) is 2.72. The molecule has 1 aliphatic rings. The van der Waals surface area contributed by atoms with Crippen LogP contribution in [0.1, 0.15) is 24.0 Å². The van der Waals surface area contributed by atoms with Crippen LogP contribution in [0.5, 0.6) is 0 Å². The van der Waals surface area contributed by atoms with Crippen LogP contribution in [0.15, 0.2) is 48.5 Å².